The molecule has 0 aliphatic heterocycles. The highest BCUT2D eigenvalue weighted by Crippen LogP contribution is 2.25. The Bertz CT molecular complexity index is 599. The summed E-state index contributed by atoms with van der Waals surface area (Å²) in [5.74, 6) is -0.777. The third-order valence-electron chi connectivity index (χ3n) is 3.38. The Hall–Kier alpha value is -1.81. The number of fused-ring (bicyclic) bond motifs is 1. The first-order valence-corrected chi connectivity index (χ1v) is 6.40. The number of nitrogens with zero attached hydrogens (tertiary/aromatic N) is 1. The van der Waals surface area contributed by atoms with Gasteiger partial charge in [-0.15, -0.1) is 0 Å². The van der Waals surface area contributed by atoms with E-state index >= 15 is 0 Å². The number of aliphatic carboxylic acids is 1. The van der Waals surface area contributed by atoms with Crippen molar-refractivity contribution in [2.75, 3.05) is 7.05 Å². The van der Waals surface area contributed by atoms with E-state index in [-0.39, 0.29) is 0 Å². The SMILES string of the molecule is CNCc1cccc2ccn(CC(C)(C)C(=O)O)c12. The minimum atomic E-state index is -0.779. The quantitative estimate of drug-likeness (QED) is 0.868. The van der Waals surface area contributed by atoms with E-state index in [0.717, 1.165) is 17.4 Å². The molecule has 1 aromatic heterocycles. The van der Waals surface area contributed by atoms with E-state index < -0.39 is 11.4 Å². The number of aromatic nitrogens is 1. The van der Waals surface area contributed by atoms with E-state index in [2.05, 4.69) is 17.4 Å². The number of nitrogens with one attached hydrogen (secondary N) is 1. The van der Waals surface area contributed by atoms with Gasteiger partial charge in [0.15, 0.2) is 0 Å². The van der Waals surface area contributed by atoms with Crippen molar-refractivity contribution in [2.45, 2.75) is 26.9 Å². The summed E-state index contributed by atoms with van der Waals surface area (Å²) in [6, 6.07) is 8.19. The van der Waals surface area contributed by atoms with Crippen molar-refractivity contribution in [3.05, 3.63) is 36.0 Å². The highest BCUT2D eigenvalue weighted by atomic mass is 16.4. The zero-order chi connectivity index (χ0) is 14.0. The summed E-state index contributed by atoms with van der Waals surface area (Å²) in [5, 5.41) is 13.6. The first-order chi connectivity index (χ1) is 8.95. The zero-order valence-electron chi connectivity index (χ0n) is 11.6. The van der Waals surface area contributed by atoms with Gasteiger partial charge in [0.05, 0.1) is 10.9 Å². The molecule has 0 fully saturated rings. The lowest BCUT2D eigenvalue weighted by Gasteiger charge is -2.21. The van der Waals surface area contributed by atoms with Crippen LogP contribution in [0.2, 0.25) is 0 Å². The van der Waals surface area contributed by atoms with Crippen LogP contribution in [0.25, 0.3) is 10.9 Å². The van der Waals surface area contributed by atoms with E-state index in [1.54, 1.807) is 13.8 Å². The summed E-state index contributed by atoms with van der Waals surface area (Å²) in [6.07, 6.45) is 1.97. The molecule has 0 aliphatic rings. The molecule has 102 valence electrons. The Morgan fingerprint density at radius 3 is 2.74 bits per heavy atom. The number of benzene rings is 1. The first-order valence-electron chi connectivity index (χ1n) is 6.40. The molecule has 0 amide bonds. The molecule has 1 aromatic carbocycles. The molecule has 4 heteroatoms. The van der Waals surface area contributed by atoms with E-state index in [4.69, 9.17) is 0 Å². The fourth-order valence-electron chi connectivity index (χ4n) is 2.30. The molecule has 1 heterocycles. The Morgan fingerprint density at radius 2 is 2.11 bits per heavy atom. The molecule has 2 N–H and O–H groups in total. The number of carbonyl (C=O) groups is 1. The van der Waals surface area contributed by atoms with Gasteiger partial charge in [0.25, 0.3) is 0 Å². The summed E-state index contributed by atoms with van der Waals surface area (Å²) in [6.45, 7) is 4.74. The second-order valence-corrected chi connectivity index (χ2v) is 5.52. The van der Waals surface area contributed by atoms with Crippen molar-refractivity contribution in [3.63, 3.8) is 0 Å². The van der Waals surface area contributed by atoms with Crippen LogP contribution in [-0.2, 0) is 17.9 Å². The Morgan fingerprint density at radius 1 is 1.37 bits per heavy atom. The van der Waals surface area contributed by atoms with Crippen molar-refractivity contribution in [1.29, 1.82) is 0 Å². The third kappa shape index (κ3) is 2.63. The predicted molar refractivity (Wildman–Crippen MR) is 76.1 cm³/mol. The van der Waals surface area contributed by atoms with Gasteiger partial charge in [-0.25, -0.2) is 0 Å². The molecule has 0 aliphatic carbocycles. The first kappa shape index (κ1) is 13.6. The minimum Gasteiger partial charge on any atom is -0.481 e. The molecule has 0 bridgehead atoms. The largest absolute Gasteiger partial charge is 0.481 e. The van der Waals surface area contributed by atoms with Crippen molar-refractivity contribution in [1.82, 2.24) is 9.88 Å². The van der Waals surface area contributed by atoms with Crippen molar-refractivity contribution < 1.29 is 9.90 Å². The van der Waals surface area contributed by atoms with Gasteiger partial charge in [-0.05, 0) is 37.9 Å². The van der Waals surface area contributed by atoms with Crippen LogP contribution in [0.1, 0.15) is 19.4 Å². The van der Waals surface area contributed by atoms with Crippen LogP contribution in [0.15, 0.2) is 30.5 Å². The third-order valence-corrected chi connectivity index (χ3v) is 3.38. The van der Waals surface area contributed by atoms with Gasteiger partial charge < -0.3 is 15.0 Å². The molecule has 2 aromatic rings. The van der Waals surface area contributed by atoms with Crippen LogP contribution in [0.4, 0.5) is 0 Å². The summed E-state index contributed by atoms with van der Waals surface area (Å²) in [4.78, 5) is 11.3. The second kappa shape index (κ2) is 5.05. The van der Waals surface area contributed by atoms with Crippen molar-refractivity contribution in [3.8, 4) is 0 Å². The van der Waals surface area contributed by atoms with Crippen molar-refractivity contribution in [2.24, 2.45) is 5.41 Å². The Kier molecular flexibility index (Phi) is 3.62. The van der Waals surface area contributed by atoms with E-state index in [9.17, 15) is 9.90 Å². The van der Waals surface area contributed by atoms with Crippen LogP contribution >= 0.6 is 0 Å². The number of carboxylic acids is 1. The number of rotatable bonds is 5. The normalized spacial score (nSPS) is 11.9. The van der Waals surface area contributed by atoms with Gasteiger partial charge in [-0.3, -0.25) is 4.79 Å². The Balaban J connectivity index is 2.47. The van der Waals surface area contributed by atoms with Crippen LogP contribution in [-0.4, -0.2) is 22.7 Å². The molecule has 0 atom stereocenters. The molecule has 19 heavy (non-hydrogen) atoms. The summed E-state index contributed by atoms with van der Waals surface area (Å²) in [7, 11) is 1.91. The summed E-state index contributed by atoms with van der Waals surface area (Å²) in [5.41, 5.74) is 1.52. The van der Waals surface area contributed by atoms with Crippen LogP contribution in [0.5, 0.6) is 0 Å². The van der Waals surface area contributed by atoms with E-state index in [1.165, 1.54) is 5.56 Å². The lowest BCUT2D eigenvalue weighted by molar-refractivity contribution is -0.147. The maximum atomic E-state index is 11.3. The van der Waals surface area contributed by atoms with Gasteiger partial charge in [-0.2, -0.15) is 0 Å². The molecule has 0 saturated carbocycles. The molecule has 0 radical (unpaired) electrons. The number of para-hydroxylation sites is 1. The monoisotopic (exact) mass is 260 g/mol. The molecule has 2 rings (SSSR count). The maximum Gasteiger partial charge on any atom is 0.310 e. The maximum absolute atomic E-state index is 11.3. The van der Waals surface area contributed by atoms with Gasteiger partial charge in [-0.1, -0.05) is 18.2 Å². The summed E-state index contributed by atoms with van der Waals surface area (Å²) < 4.78 is 2.04. The fourth-order valence-corrected chi connectivity index (χ4v) is 2.30. The van der Waals surface area contributed by atoms with Crippen molar-refractivity contribution >= 4 is 16.9 Å². The van der Waals surface area contributed by atoms with Gasteiger partial charge in [0.2, 0.25) is 0 Å². The molecule has 0 unspecified atom stereocenters. The standard InChI is InChI=1S/C15H20N2O2/c1-15(2,14(18)19)10-17-8-7-11-5-4-6-12(9-16-3)13(11)17/h4-8,16H,9-10H2,1-3H3,(H,18,19). The second-order valence-electron chi connectivity index (χ2n) is 5.52. The lowest BCUT2D eigenvalue weighted by atomic mass is 9.93. The van der Waals surface area contributed by atoms with E-state index in [1.807, 2.05) is 29.9 Å². The molecular formula is C15H20N2O2. The molecular weight excluding hydrogens is 240 g/mol. The zero-order valence-corrected chi connectivity index (χ0v) is 11.6. The van der Waals surface area contributed by atoms with Crippen LogP contribution in [0, 0.1) is 5.41 Å². The minimum absolute atomic E-state index is 0.465. The van der Waals surface area contributed by atoms with Gasteiger partial charge >= 0.3 is 5.97 Å². The molecule has 0 spiro atoms. The highest BCUT2D eigenvalue weighted by Gasteiger charge is 2.28. The number of carboxylic acid groups (broad SMARTS) is 1. The average Bonchev–Trinajstić information content (AvgIpc) is 2.73. The molecule has 0 saturated heterocycles. The molecule has 4 nitrogen and oxygen atoms in total. The number of hydrogen-bond donors (Lipinski definition) is 2. The van der Waals surface area contributed by atoms with Gasteiger partial charge in [0.1, 0.15) is 0 Å². The van der Waals surface area contributed by atoms with Crippen LogP contribution < -0.4 is 5.32 Å². The highest BCUT2D eigenvalue weighted by molar-refractivity contribution is 5.83. The number of hydrogen-bond acceptors (Lipinski definition) is 2. The topological polar surface area (TPSA) is 54.3 Å². The predicted octanol–water partition coefficient (Wildman–Crippen LogP) is 2.47. The summed E-state index contributed by atoms with van der Waals surface area (Å²) >= 11 is 0. The lowest BCUT2D eigenvalue weighted by Crippen LogP contribution is -2.29. The van der Waals surface area contributed by atoms with E-state index in [0.29, 0.717) is 6.54 Å². The van der Waals surface area contributed by atoms with Crippen LogP contribution in [0.3, 0.4) is 0 Å². The average molecular weight is 260 g/mol. The Labute approximate surface area is 113 Å². The fraction of sp³-hybridized carbons (Fsp3) is 0.400. The smallest absolute Gasteiger partial charge is 0.310 e. The van der Waals surface area contributed by atoms with Gasteiger partial charge in [0, 0.05) is 19.3 Å².